The van der Waals surface area contributed by atoms with E-state index < -0.39 is 23.6 Å². The minimum absolute atomic E-state index is 0.0182. The van der Waals surface area contributed by atoms with Crippen molar-refractivity contribution in [1.29, 1.82) is 0 Å². The summed E-state index contributed by atoms with van der Waals surface area (Å²) in [4.78, 5) is 55.3. The van der Waals surface area contributed by atoms with Crippen LogP contribution in [0, 0.1) is 5.92 Å². The summed E-state index contributed by atoms with van der Waals surface area (Å²) in [5.74, 6) is -2.67. The number of anilines is 1. The maximum atomic E-state index is 13.0. The summed E-state index contributed by atoms with van der Waals surface area (Å²) < 4.78 is 4.97. The number of thiophene rings is 1. The zero-order chi connectivity index (χ0) is 22.7. The molecule has 0 saturated carbocycles. The molecule has 10 nitrogen and oxygen atoms in total. The summed E-state index contributed by atoms with van der Waals surface area (Å²) in [7, 11) is 1.34. The first-order chi connectivity index (χ1) is 14.7. The number of carbonyl (C=O) groups excluding carboxylic acids is 4. The molecule has 0 bridgehead atoms. The lowest BCUT2D eigenvalue weighted by molar-refractivity contribution is -0.146. The smallest absolute Gasteiger partial charge is 0.313 e. The van der Waals surface area contributed by atoms with Crippen LogP contribution in [0.15, 0.2) is 24.4 Å². The molecule has 0 aromatic carbocycles. The molecule has 3 rings (SSSR count). The average Bonchev–Trinajstić information content (AvgIpc) is 3.23. The summed E-state index contributed by atoms with van der Waals surface area (Å²) >= 11 is 1.22. The van der Waals surface area contributed by atoms with E-state index in [-0.39, 0.29) is 29.1 Å². The van der Waals surface area contributed by atoms with Crippen molar-refractivity contribution in [2.45, 2.75) is 25.8 Å². The summed E-state index contributed by atoms with van der Waals surface area (Å²) in [5, 5.41) is 2.47. The zero-order valence-electron chi connectivity index (χ0n) is 17.1. The fourth-order valence-electron chi connectivity index (χ4n) is 3.51. The van der Waals surface area contributed by atoms with Gasteiger partial charge in [-0.3, -0.25) is 19.2 Å². The van der Waals surface area contributed by atoms with E-state index in [1.165, 1.54) is 35.6 Å². The van der Waals surface area contributed by atoms with Gasteiger partial charge in [0, 0.05) is 11.4 Å². The zero-order valence-corrected chi connectivity index (χ0v) is 17.9. The molecule has 0 spiro atoms. The van der Waals surface area contributed by atoms with Crippen LogP contribution in [0.1, 0.15) is 50.7 Å². The van der Waals surface area contributed by atoms with Crippen LogP contribution in [-0.4, -0.2) is 47.2 Å². The average molecular weight is 446 g/mol. The molecule has 2 atom stereocenters. The minimum Gasteiger partial charge on any atom is -0.480 e. The van der Waals surface area contributed by atoms with Gasteiger partial charge >= 0.3 is 11.8 Å². The highest BCUT2D eigenvalue weighted by atomic mass is 32.1. The number of carbonyl (C=O) groups is 4. The number of likely N-dealkylation sites (tertiary alicyclic amines) is 1. The Morgan fingerprint density at radius 3 is 2.55 bits per heavy atom. The van der Waals surface area contributed by atoms with E-state index in [1.54, 1.807) is 12.1 Å². The number of nitrogens with two attached hydrogens (primary N) is 2. The number of methoxy groups -OCH3 is 1. The molecule has 11 heteroatoms. The molecular weight excluding hydrogens is 422 g/mol. The van der Waals surface area contributed by atoms with Crippen LogP contribution in [0.3, 0.4) is 0 Å². The fraction of sp³-hybridized carbons (Fsp3) is 0.350. The number of primary amides is 2. The lowest BCUT2D eigenvalue weighted by atomic mass is 9.93. The van der Waals surface area contributed by atoms with Crippen LogP contribution in [0.25, 0.3) is 0 Å². The van der Waals surface area contributed by atoms with Crippen LogP contribution in [-0.2, 0) is 9.59 Å². The Morgan fingerprint density at radius 1 is 1.19 bits per heavy atom. The van der Waals surface area contributed by atoms with Gasteiger partial charge in [0.1, 0.15) is 5.56 Å². The van der Waals surface area contributed by atoms with Gasteiger partial charge in [-0.15, -0.1) is 11.3 Å². The van der Waals surface area contributed by atoms with Gasteiger partial charge in [-0.2, -0.15) is 0 Å². The fourth-order valence-corrected chi connectivity index (χ4v) is 4.52. The molecule has 5 N–H and O–H groups in total. The molecule has 0 unspecified atom stereocenters. The van der Waals surface area contributed by atoms with E-state index in [1.807, 2.05) is 6.92 Å². The Balaban J connectivity index is 1.81. The maximum absolute atomic E-state index is 13.0. The molecule has 4 amide bonds. The van der Waals surface area contributed by atoms with Gasteiger partial charge in [-0.1, -0.05) is 6.92 Å². The Hall–Kier alpha value is -3.47. The SMILES string of the molecule is COc1ncc(NC(=O)C(=O)N2C[C@H](C)CC[C@H]2c2ccc(C(N)=O)s2)cc1C(N)=O. The normalized spacial score (nSPS) is 18.3. The molecule has 31 heavy (non-hydrogen) atoms. The van der Waals surface area contributed by atoms with E-state index in [2.05, 4.69) is 10.3 Å². The molecule has 1 saturated heterocycles. The van der Waals surface area contributed by atoms with Crippen LogP contribution >= 0.6 is 11.3 Å². The van der Waals surface area contributed by atoms with E-state index in [0.29, 0.717) is 17.8 Å². The number of hydrogen-bond acceptors (Lipinski definition) is 7. The van der Waals surface area contributed by atoms with Gasteiger partial charge in [-0.25, -0.2) is 4.98 Å². The van der Waals surface area contributed by atoms with Gasteiger partial charge in [-0.05, 0) is 37.0 Å². The summed E-state index contributed by atoms with van der Waals surface area (Å²) in [5.41, 5.74) is 10.8. The highest BCUT2D eigenvalue weighted by Gasteiger charge is 2.35. The van der Waals surface area contributed by atoms with Gasteiger partial charge in [0.15, 0.2) is 0 Å². The number of amides is 4. The largest absolute Gasteiger partial charge is 0.480 e. The standard InChI is InChI=1S/C20H23N5O5S/c1-10-3-4-13(14-5-6-15(31-14)17(22)27)25(9-10)20(29)18(28)24-11-7-12(16(21)26)19(30-2)23-8-11/h5-8,10,13H,3-4,9H2,1-2H3,(H2,21,26)(H2,22,27)(H,24,28)/t10-,13+/m1/s1. The Labute approximate surface area is 182 Å². The topological polar surface area (TPSA) is 158 Å². The van der Waals surface area contributed by atoms with Crippen molar-refractivity contribution in [3.63, 3.8) is 0 Å². The summed E-state index contributed by atoms with van der Waals surface area (Å²) in [6.07, 6.45) is 2.81. The first-order valence-electron chi connectivity index (χ1n) is 9.56. The second-order valence-electron chi connectivity index (χ2n) is 7.32. The molecule has 3 heterocycles. The second kappa shape index (κ2) is 9.13. The van der Waals surface area contributed by atoms with E-state index in [0.717, 1.165) is 11.3 Å². The third kappa shape index (κ3) is 4.82. The van der Waals surface area contributed by atoms with Crippen LogP contribution < -0.4 is 21.5 Å². The molecular formula is C20H23N5O5S. The second-order valence-corrected chi connectivity index (χ2v) is 8.44. The molecule has 2 aromatic heterocycles. The van der Waals surface area contributed by atoms with Gasteiger partial charge in [0.25, 0.3) is 11.8 Å². The van der Waals surface area contributed by atoms with Crippen molar-refractivity contribution in [2.75, 3.05) is 19.0 Å². The van der Waals surface area contributed by atoms with E-state index >= 15 is 0 Å². The molecule has 0 aliphatic carbocycles. The number of pyridine rings is 1. The summed E-state index contributed by atoms with van der Waals surface area (Å²) in [6.45, 7) is 2.40. The number of nitrogens with zero attached hydrogens (tertiary/aromatic N) is 2. The maximum Gasteiger partial charge on any atom is 0.313 e. The summed E-state index contributed by atoms with van der Waals surface area (Å²) in [6, 6.07) is 4.35. The number of hydrogen-bond donors (Lipinski definition) is 3. The number of piperidine rings is 1. The van der Waals surface area contributed by atoms with Gasteiger partial charge < -0.3 is 26.4 Å². The minimum atomic E-state index is -0.867. The number of aromatic nitrogens is 1. The lowest BCUT2D eigenvalue weighted by Gasteiger charge is -2.37. The Morgan fingerprint density at radius 2 is 1.94 bits per heavy atom. The monoisotopic (exact) mass is 445 g/mol. The lowest BCUT2D eigenvalue weighted by Crippen LogP contribution is -2.46. The first-order valence-corrected chi connectivity index (χ1v) is 10.4. The van der Waals surface area contributed by atoms with Crippen molar-refractivity contribution >= 4 is 40.7 Å². The van der Waals surface area contributed by atoms with Crippen LogP contribution in [0.5, 0.6) is 5.88 Å². The molecule has 1 aliphatic heterocycles. The number of ether oxygens (including phenoxy) is 1. The van der Waals surface area contributed by atoms with E-state index in [9.17, 15) is 19.2 Å². The van der Waals surface area contributed by atoms with Crippen molar-refractivity contribution in [2.24, 2.45) is 17.4 Å². The highest BCUT2D eigenvalue weighted by Crippen LogP contribution is 2.37. The third-order valence-electron chi connectivity index (χ3n) is 5.04. The quantitative estimate of drug-likeness (QED) is 0.588. The molecule has 0 radical (unpaired) electrons. The third-order valence-corrected chi connectivity index (χ3v) is 6.24. The highest BCUT2D eigenvalue weighted by molar-refractivity contribution is 7.14. The van der Waals surface area contributed by atoms with Gasteiger partial charge in [0.2, 0.25) is 5.88 Å². The van der Waals surface area contributed by atoms with Crippen molar-refractivity contribution < 1.29 is 23.9 Å². The Bertz CT molecular complexity index is 1040. The van der Waals surface area contributed by atoms with Gasteiger partial charge in [0.05, 0.1) is 29.9 Å². The number of rotatable bonds is 5. The Kier molecular flexibility index (Phi) is 6.54. The molecule has 2 aromatic rings. The molecule has 164 valence electrons. The van der Waals surface area contributed by atoms with Crippen molar-refractivity contribution in [3.05, 3.63) is 39.7 Å². The number of nitrogens with one attached hydrogen (secondary N) is 1. The predicted octanol–water partition coefficient (Wildman–Crippen LogP) is 1.29. The molecule has 1 aliphatic rings. The first kappa shape index (κ1) is 22.2. The van der Waals surface area contributed by atoms with Crippen molar-refractivity contribution in [1.82, 2.24) is 9.88 Å². The van der Waals surface area contributed by atoms with Crippen molar-refractivity contribution in [3.8, 4) is 5.88 Å². The van der Waals surface area contributed by atoms with Crippen LogP contribution in [0.2, 0.25) is 0 Å². The van der Waals surface area contributed by atoms with Crippen LogP contribution in [0.4, 0.5) is 5.69 Å². The predicted molar refractivity (Wildman–Crippen MR) is 114 cm³/mol. The molecule has 1 fully saturated rings. The van der Waals surface area contributed by atoms with E-state index in [4.69, 9.17) is 16.2 Å².